The second-order valence-electron chi connectivity index (χ2n) is 5.89. The minimum Gasteiger partial charge on any atom is -0.310 e. The summed E-state index contributed by atoms with van der Waals surface area (Å²) in [5, 5.41) is -0.101. The van der Waals surface area contributed by atoms with E-state index in [4.69, 9.17) is 11.6 Å². The molecule has 0 saturated heterocycles. The Morgan fingerprint density at radius 2 is 2.14 bits per heavy atom. The van der Waals surface area contributed by atoms with Crippen molar-refractivity contribution in [2.24, 2.45) is 0 Å². The van der Waals surface area contributed by atoms with Crippen molar-refractivity contribution >= 4 is 22.8 Å². The van der Waals surface area contributed by atoms with Gasteiger partial charge in [0, 0.05) is 24.8 Å². The summed E-state index contributed by atoms with van der Waals surface area (Å²) >= 11 is 6.32. The van der Waals surface area contributed by atoms with Gasteiger partial charge >= 0.3 is 0 Å². The van der Waals surface area contributed by atoms with Crippen molar-refractivity contribution in [1.82, 2.24) is 19.4 Å². The maximum absolute atomic E-state index is 6.32. The van der Waals surface area contributed by atoms with Gasteiger partial charge in [0.25, 0.3) is 0 Å². The average molecular weight is 307 g/mol. The molecule has 3 rings (SSSR count). The van der Waals surface area contributed by atoms with Crippen LogP contribution in [0.25, 0.3) is 11.2 Å². The third-order valence-electron chi connectivity index (χ3n) is 4.20. The Hall–Kier alpha value is -1.13. The maximum atomic E-state index is 6.32. The Bertz CT molecular complexity index is 630. The lowest BCUT2D eigenvalue weighted by molar-refractivity contribution is 0.266. The van der Waals surface area contributed by atoms with Crippen LogP contribution in [0.15, 0.2) is 12.1 Å². The highest BCUT2D eigenvalue weighted by molar-refractivity contribution is 6.20. The molecule has 0 radical (unpaired) electrons. The molecule has 114 valence electrons. The molecule has 5 heteroatoms. The van der Waals surface area contributed by atoms with Gasteiger partial charge in [0.05, 0.1) is 5.38 Å². The van der Waals surface area contributed by atoms with Gasteiger partial charge in [0.1, 0.15) is 11.3 Å². The Kier molecular flexibility index (Phi) is 4.18. The first-order valence-electron chi connectivity index (χ1n) is 7.82. The number of pyridine rings is 1. The second kappa shape index (κ2) is 5.93. The molecule has 1 saturated carbocycles. The molecule has 2 heterocycles. The third kappa shape index (κ3) is 3.06. The highest BCUT2D eigenvalue weighted by Gasteiger charge is 2.27. The molecule has 0 amide bonds. The fourth-order valence-corrected chi connectivity index (χ4v) is 3.07. The number of likely N-dealkylation sites (N-methyl/N-ethyl adjacent to an activating group) is 1. The number of aryl methyl sites for hydroxylation is 1. The predicted molar refractivity (Wildman–Crippen MR) is 86.8 cm³/mol. The summed E-state index contributed by atoms with van der Waals surface area (Å²) in [4.78, 5) is 11.9. The number of hydrogen-bond acceptors (Lipinski definition) is 3. The van der Waals surface area contributed by atoms with E-state index in [1.807, 2.05) is 26.0 Å². The zero-order valence-corrected chi connectivity index (χ0v) is 13.8. The predicted octanol–water partition coefficient (Wildman–Crippen LogP) is 3.52. The van der Waals surface area contributed by atoms with E-state index in [0.29, 0.717) is 0 Å². The molecule has 1 unspecified atom stereocenters. The molecule has 0 aromatic carbocycles. The van der Waals surface area contributed by atoms with Crippen LogP contribution < -0.4 is 0 Å². The van der Waals surface area contributed by atoms with Crippen LogP contribution in [0.4, 0.5) is 0 Å². The molecule has 1 aliphatic rings. The normalized spacial score (nSPS) is 16.8. The highest BCUT2D eigenvalue weighted by atomic mass is 35.5. The van der Waals surface area contributed by atoms with E-state index in [-0.39, 0.29) is 5.38 Å². The van der Waals surface area contributed by atoms with Crippen LogP contribution in [0.5, 0.6) is 0 Å². The van der Waals surface area contributed by atoms with E-state index >= 15 is 0 Å². The van der Waals surface area contributed by atoms with Crippen molar-refractivity contribution in [3.63, 3.8) is 0 Å². The Labute approximate surface area is 131 Å². The second-order valence-corrected chi connectivity index (χ2v) is 6.55. The molecule has 0 spiro atoms. The molecule has 0 bridgehead atoms. The quantitative estimate of drug-likeness (QED) is 0.766. The number of imidazole rings is 1. The molecular weight excluding hydrogens is 284 g/mol. The van der Waals surface area contributed by atoms with E-state index in [1.54, 1.807) is 0 Å². The first kappa shape index (κ1) is 14.8. The molecule has 0 aliphatic heterocycles. The number of hydrogen-bond donors (Lipinski definition) is 0. The van der Waals surface area contributed by atoms with Crippen LogP contribution in [-0.2, 0) is 6.54 Å². The summed E-state index contributed by atoms with van der Waals surface area (Å²) in [5.74, 6) is 0.927. The third-order valence-corrected chi connectivity index (χ3v) is 4.39. The van der Waals surface area contributed by atoms with Crippen LogP contribution in [0.3, 0.4) is 0 Å². The standard InChI is InChI=1S/C16H23ClN4/c1-4-20(13-6-7-13)9-10-21-15(12(3)17)19-14-8-5-11(2)18-16(14)21/h5,8,12-13H,4,6-7,9-10H2,1-3H3. The Morgan fingerprint density at radius 3 is 2.76 bits per heavy atom. The SMILES string of the molecule is CCN(CCn1c(C(C)Cl)nc2ccc(C)nc21)C1CC1. The highest BCUT2D eigenvalue weighted by Crippen LogP contribution is 2.27. The smallest absolute Gasteiger partial charge is 0.160 e. The van der Waals surface area contributed by atoms with Crippen LogP contribution in [0.1, 0.15) is 43.6 Å². The van der Waals surface area contributed by atoms with Crippen molar-refractivity contribution in [2.75, 3.05) is 13.1 Å². The molecule has 1 aliphatic carbocycles. The van der Waals surface area contributed by atoms with E-state index in [2.05, 4.69) is 26.4 Å². The lowest BCUT2D eigenvalue weighted by atomic mass is 10.3. The summed E-state index contributed by atoms with van der Waals surface area (Å²) in [5.41, 5.74) is 2.92. The Balaban J connectivity index is 1.90. The number of rotatable bonds is 6. The zero-order chi connectivity index (χ0) is 15.0. The van der Waals surface area contributed by atoms with Crippen molar-refractivity contribution in [2.45, 2.75) is 51.6 Å². The molecule has 1 atom stereocenters. The van der Waals surface area contributed by atoms with Crippen LogP contribution in [-0.4, -0.2) is 38.6 Å². The first-order chi connectivity index (χ1) is 10.1. The van der Waals surface area contributed by atoms with Crippen LogP contribution in [0, 0.1) is 6.92 Å². The van der Waals surface area contributed by atoms with Gasteiger partial charge in [0.2, 0.25) is 0 Å². The van der Waals surface area contributed by atoms with Gasteiger partial charge in [-0.05, 0) is 45.4 Å². The topological polar surface area (TPSA) is 34.0 Å². The lowest BCUT2D eigenvalue weighted by Crippen LogP contribution is -2.30. The van der Waals surface area contributed by atoms with Gasteiger partial charge in [-0.2, -0.15) is 0 Å². The number of halogens is 1. The number of nitrogens with zero attached hydrogens (tertiary/aromatic N) is 4. The summed E-state index contributed by atoms with van der Waals surface area (Å²) in [6.45, 7) is 9.28. The number of alkyl halides is 1. The van der Waals surface area contributed by atoms with E-state index in [1.165, 1.54) is 12.8 Å². The van der Waals surface area contributed by atoms with Crippen molar-refractivity contribution in [3.05, 3.63) is 23.7 Å². The van der Waals surface area contributed by atoms with Crippen LogP contribution in [0.2, 0.25) is 0 Å². The van der Waals surface area contributed by atoms with Gasteiger partial charge in [-0.1, -0.05) is 6.92 Å². The fraction of sp³-hybridized carbons (Fsp3) is 0.625. The average Bonchev–Trinajstić information content (AvgIpc) is 3.22. The summed E-state index contributed by atoms with van der Waals surface area (Å²) in [7, 11) is 0. The summed E-state index contributed by atoms with van der Waals surface area (Å²) in [6, 6.07) is 4.83. The molecule has 21 heavy (non-hydrogen) atoms. The van der Waals surface area contributed by atoms with Crippen molar-refractivity contribution in [3.8, 4) is 0 Å². The van der Waals surface area contributed by atoms with Gasteiger partial charge in [-0.3, -0.25) is 4.90 Å². The molecule has 4 nitrogen and oxygen atoms in total. The van der Waals surface area contributed by atoms with Gasteiger partial charge in [-0.15, -0.1) is 11.6 Å². The first-order valence-corrected chi connectivity index (χ1v) is 8.25. The van der Waals surface area contributed by atoms with Crippen molar-refractivity contribution < 1.29 is 0 Å². The van der Waals surface area contributed by atoms with E-state index < -0.39 is 0 Å². The van der Waals surface area contributed by atoms with Crippen molar-refractivity contribution in [1.29, 1.82) is 0 Å². The molecule has 0 N–H and O–H groups in total. The zero-order valence-electron chi connectivity index (χ0n) is 13.0. The minimum atomic E-state index is -0.101. The van der Waals surface area contributed by atoms with Gasteiger partial charge in [0.15, 0.2) is 5.65 Å². The molecular formula is C16H23ClN4. The summed E-state index contributed by atoms with van der Waals surface area (Å²) < 4.78 is 2.20. The largest absolute Gasteiger partial charge is 0.310 e. The van der Waals surface area contributed by atoms with E-state index in [9.17, 15) is 0 Å². The Morgan fingerprint density at radius 1 is 1.38 bits per heavy atom. The van der Waals surface area contributed by atoms with E-state index in [0.717, 1.165) is 48.4 Å². The molecule has 2 aromatic rings. The number of aromatic nitrogens is 3. The van der Waals surface area contributed by atoms with Gasteiger partial charge < -0.3 is 4.57 Å². The lowest BCUT2D eigenvalue weighted by Gasteiger charge is -2.21. The molecule has 1 fully saturated rings. The fourth-order valence-electron chi connectivity index (χ4n) is 2.90. The van der Waals surface area contributed by atoms with Crippen LogP contribution >= 0.6 is 11.6 Å². The minimum absolute atomic E-state index is 0.101. The maximum Gasteiger partial charge on any atom is 0.160 e. The number of fused-ring (bicyclic) bond motifs is 1. The monoisotopic (exact) mass is 306 g/mol. The molecule has 2 aromatic heterocycles. The summed E-state index contributed by atoms with van der Waals surface area (Å²) in [6.07, 6.45) is 2.68. The van der Waals surface area contributed by atoms with Gasteiger partial charge in [-0.25, -0.2) is 9.97 Å².